The standard InChI is InChI=1S/C84H69N3O2/c1-84(2,3)60-40-36-52(37-41-60)59-48-73-71-46-55-38-42-63(85(61-24-12-6-13-25-61)75-34-18-32-69-67-30-16-28-65(80(67)88-82(69)75)53-20-8-4-9-21-53)44-57(55)50-77(71)87-78-51-58-45-64(43-39-56(58)47-72(78)74(49-59)79(73)87)86(62-26-14-7-15-27-62)76-35-19-33-70-68-31-17-29-66(81(68)89-83(70)76)54-22-10-5-11-23-54/h6-7,12-19,24-51,53-54H,4-5,8-11,20-23H2,1-3H3. The fourth-order valence-corrected chi connectivity index (χ4v) is 16.1. The highest BCUT2D eigenvalue weighted by atomic mass is 16.3. The van der Waals surface area contributed by atoms with E-state index in [2.05, 4.69) is 265 Å². The Kier molecular flexibility index (Phi) is 12.0. The minimum absolute atomic E-state index is 0.0545. The van der Waals surface area contributed by atoms with Gasteiger partial charge in [-0.05, 0) is 189 Å². The van der Waals surface area contributed by atoms with Gasteiger partial charge < -0.3 is 23.0 Å². The van der Waals surface area contributed by atoms with Gasteiger partial charge in [-0.25, -0.2) is 0 Å². The fourth-order valence-electron chi connectivity index (χ4n) is 16.1. The first kappa shape index (κ1) is 52.3. The minimum atomic E-state index is 0.0545. The van der Waals surface area contributed by atoms with Gasteiger partial charge in [-0.3, -0.25) is 0 Å². The quantitative estimate of drug-likeness (QED) is 0.144. The molecule has 16 aromatic rings. The second-order valence-corrected chi connectivity index (χ2v) is 26.9. The number of para-hydroxylation sites is 6. The topological polar surface area (TPSA) is 37.2 Å². The first-order chi connectivity index (χ1) is 43.8. The Labute approximate surface area is 518 Å². The molecule has 2 aliphatic carbocycles. The molecule has 0 saturated heterocycles. The second-order valence-electron chi connectivity index (χ2n) is 26.9. The lowest BCUT2D eigenvalue weighted by Crippen LogP contribution is -2.10. The van der Waals surface area contributed by atoms with E-state index >= 15 is 0 Å². The van der Waals surface area contributed by atoms with Gasteiger partial charge in [0.05, 0.1) is 27.9 Å². The molecule has 89 heavy (non-hydrogen) atoms. The van der Waals surface area contributed by atoms with Crippen molar-refractivity contribution in [1.29, 1.82) is 0 Å². The smallest absolute Gasteiger partial charge is 0.159 e. The first-order valence-corrected chi connectivity index (χ1v) is 32.6. The van der Waals surface area contributed by atoms with E-state index in [0.717, 1.165) is 67.2 Å². The molecule has 0 atom stereocenters. The zero-order valence-corrected chi connectivity index (χ0v) is 50.8. The van der Waals surface area contributed by atoms with Crippen LogP contribution in [0.4, 0.5) is 34.1 Å². The molecular formula is C84H69N3O2. The average Bonchev–Trinajstić information content (AvgIpc) is 1.55. The molecule has 0 radical (unpaired) electrons. The lowest BCUT2D eigenvalue weighted by molar-refractivity contribution is 0.442. The van der Waals surface area contributed by atoms with E-state index in [1.807, 2.05) is 0 Å². The summed E-state index contributed by atoms with van der Waals surface area (Å²) in [6.07, 6.45) is 12.6. The van der Waals surface area contributed by atoms with Crippen LogP contribution >= 0.6 is 0 Å². The number of anilines is 6. The van der Waals surface area contributed by atoms with E-state index in [0.29, 0.717) is 11.8 Å². The van der Waals surface area contributed by atoms with Crippen molar-refractivity contribution in [2.24, 2.45) is 0 Å². The van der Waals surface area contributed by atoms with Crippen molar-refractivity contribution in [3.05, 3.63) is 247 Å². The molecule has 0 aliphatic heterocycles. The van der Waals surface area contributed by atoms with E-state index in [9.17, 15) is 0 Å². The molecule has 2 saturated carbocycles. The van der Waals surface area contributed by atoms with Gasteiger partial charge in [-0.1, -0.05) is 193 Å². The lowest BCUT2D eigenvalue weighted by atomic mass is 9.83. The van der Waals surface area contributed by atoms with Crippen LogP contribution in [0.1, 0.15) is 114 Å². The number of nitrogens with zero attached hydrogens (tertiary/aromatic N) is 3. The summed E-state index contributed by atoms with van der Waals surface area (Å²) in [6, 6.07) is 86.7. The van der Waals surface area contributed by atoms with Gasteiger partial charge in [0.15, 0.2) is 11.2 Å². The summed E-state index contributed by atoms with van der Waals surface area (Å²) in [6.45, 7) is 6.88. The summed E-state index contributed by atoms with van der Waals surface area (Å²) in [5.41, 5.74) is 20.5. The summed E-state index contributed by atoms with van der Waals surface area (Å²) in [7, 11) is 0. The SMILES string of the molecule is CC(C)(C)c1ccc(-c2cc3c4cc5ccc(N(c6ccccc6)c6cccc7c6oc6c(C8CCCCC8)cccc67)cc5cc4n4c5cc6cc(N(c7ccccc7)c7cccc8c7oc7c(C9CCCCC9)cccc78)ccc6cc5c(c2)c34)cc1. The van der Waals surface area contributed by atoms with Crippen molar-refractivity contribution in [3.63, 3.8) is 0 Å². The van der Waals surface area contributed by atoms with E-state index in [4.69, 9.17) is 8.83 Å². The molecule has 0 amide bonds. The molecule has 2 fully saturated rings. The number of aromatic nitrogens is 1. The number of fused-ring (bicyclic) bond motifs is 14. The summed E-state index contributed by atoms with van der Waals surface area (Å²) < 4.78 is 17.0. The molecule has 432 valence electrons. The Morgan fingerprint density at radius 3 is 1.22 bits per heavy atom. The van der Waals surface area contributed by atoms with Gasteiger partial charge in [-0.15, -0.1) is 0 Å². The van der Waals surface area contributed by atoms with Crippen molar-refractivity contribution >= 4 is 138 Å². The minimum Gasteiger partial charge on any atom is -0.454 e. The third-order valence-electron chi connectivity index (χ3n) is 20.5. The van der Waals surface area contributed by atoms with Gasteiger partial charge in [-0.2, -0.15) is 0 Å². The van der Waals surface area contributed by atoms with Crippen LogP contribution in [0.3, 0.4) is 0 Å². The first-order valence-electron chi connectivity index (χ1n) is 32.6. The summed E-state index contributed by atoms with van der Waals surface area (Å²) >= 11 is 0. The van der Waals surface area contributed by atoms with E-state index < -0.39 is 0 Å². The normalized spacial score (nSPS) is 14.8. The Hall–Kier alpha value is -9.84. The van der Waals surface area contributed by atoms with Crippen LogP contribution in [-0.4, -0.2) is 4.40 Å². The maximum Gasteiger partial charge on any atom is 0.159 e. The zero-order valence-electron chi connectivity index (χ0n) is 50.8. The number of furan rings is 2. The Bertz CT molecular complexity index is 5130. The maximum atomic E-state index is 7.20. The van der Waals surface area contributed by atoms with Crippen LogP contribution < -0.4 is 9.80 Å². The third kappa shape index (κ3) is 8.41. The molecule has 0 spiro atoms. The highest BCUT2D eigenvalue weighted by Gasteiger charge is 2.28. The van der Waals surface area contributed by atoms with Gasteiger partial charge in [0.1, 0.15) is 11.2 Å². The summed E-state index contributed by atoms with van der Waals surface area (Å²) in [5.74, 6) is 1.05. The number of rotatable bonds is 9. The highest BCUT2D eigenvalue weighted by Crippen LogP contribution is 2.50. The van der Waals surface area contributed by atoms with Crippen molar-refractivity contribution in [1.82, 2.24) is 4.40 Å². The van der Waals surface area contributed by atoms with E-state index in [-0.39, 0.29) is 5.41 Å². The Morgan fingerprint density at radius 1 is 0.337 bits per heavy atom. The highest BCUT2D eigenvalue weighted by molar-refractivity contribution is 6.27. The van der Waals surface area contributed by atoms with Crippen LogP contribution in [0.2, 0.25) is 0 Å². The Balaban J connectivity index is 0.835. The van der Waals surface area contributed by atoms with Crippen LogP contribution in [-0.2, 0) is 5.41 Å². The van der Waals surface area contributed by atoms with Crippen LogP contribution in [0.5, 0.6) is 0 Å². The van der Waals surface area contributed by atoms with Crippen molar-refractivity contribution in [2.45, 2.75) is 102 Å². The molecule has 18 rings (SSSR count). The zero-order chi connectivity index (χ0) is 59.1. The van der Waals surface area contributed by atoms with Gasteiger partial charge in [0, 0.05) is 65.8 Å². The van der Waals surface area contributed by atoms with E-state index in [1.54, 1.807) is 0 Å². The fraction of sp³-hybridized carbons (Fsp3) is 0.190. The molecule has 0 N–H and O–H groups in total. The largest absolute Gasteiger partial charge is 0.454 e. The summed E-state index contributed by atoms with van der Waals surface area (Å²) in [5, 5.41) is 14.5. The predicted molar refractivity (Wildman–Crippen MR) is 376 cm³/mol. The average molecular weight is 1150 g/mol. The molecule has 4 heterocycles. The number of hydrogen-bond donors (Lipinski definition) is 0. The second kappa shape index (κ2) is 20.4. The number of benzene rings is 12. The maximum absolute atomic E-state index is 7.20. The predicted octanol–water partition coefficient (Wildman–Crippen LogP) is 24.9. The van der Waals surface area contributed by atoms with Crippen LogP contribution in [0, 0.1) is 0 Å². The molecule has 12 aromatic carbocycles. The van der Waals surface area contributed by atoms with Crippen LogP contribution in [0.25, 0.3) is 115 Å². The van der Waals surface area contributed by atoms with Crippen molar-refractivity contribution < 1.29 is 8.83 Å². The molecule has 4 aromatic heterocycles. The Morgan fingerprint density at radius 2 is 0.775 bits per heavy atom. The van der Waals surface area contributed by atoms with Gasteiger partial charge in [0.2, 0.25) is 0 Å². The molecular weight excluding hydrogens is 1080 g/mol. The molecule has 0 bridgehead atoms. The summed E-state index contributed by atoms with van der Waals surface area (Å²) in [4.78, 5) is 4.80. The van der Waals surface area contributed by atoms with Crippen molar-refractivity contribution in [3.8, 4) is 11.1 Å². The lowest BCUT2D eigenvalue weighted by Gasteiger charge is -2.26. The van der Waals surface area contributed by atoms with Crippen LogP contribution in [0.15, 0.2) is 239 Å². The third-order valence-corrected chi connectivity index (χ3v) is 20.5. The van der Waals surface area contributed by atoms with Gasteiger partial charge >= 0.3 is 0 Å². The van der Waals surface area contributed by atoms with E-state index in [1.165, 1.54) is 162 Å². The van der Waals surface area contributed by atoms with Gasteiger partial charge in [0.25, 0.3) is 0 Å². The monoisotopic (exact) mass is 1150 g/mol. The molecule has 5 nitrogen and oxygen atoms in total. The molecule has 0 unspecified atom stereocenters. The number of hydrogen-bond acceptors (Lipinski definition) is 4. The van der Waals surface area contributed by atoms with Crippen molar-refractivity contribution in [2.75, 3.05) is 9.80 Å². The molecule has 2 aliphatic rings. The molecule has 5 heteroatoms.